The van der Waals surface area contributed by atoms with E-state index in [1.165, 1.54) is 0 Å². The molecule has 0 aliphatic rings. The van der Waals surface area contributed by atoms with Gasteiger partial charge in [-0.3, -0.25) is 4.98 Å². The Hall–Kier alpha value is -1.39. The molecular weight excluding hydrogens is 214 g/mol. The van der Waals surface area contributed by atoms with Gasteiger partial charge in [0, 0.05) is 36.9 Å². The van der Waals surface area contributed by atoms with Crippen molar-refractivity contribution in [3.8, 4) is 11.4 Å². The van der Waals surface area contributed by atoms with E-state index in [-0.39, 0.29) is 6.61 Å². The third-order valence-corrected chi connectivity index (χ3v) is 2.37. The van der Waals surface area contributed by atoms with Crippen LogP contribution in [0.4, 0.5) is 0 Å². The van der Waals surface area contributed by atoms with Gasteiger partial charge in [0.25, 0.3) is 0 Å². The molecule has 1 N–H and O–H groups in total. The second-order valence-electron chi connectivity index (χ2n) is 3.02. The van der Waals surface area contributed by atoms with Crippen LogP contribution in [0.1, 0.15) is 0 Å². The minimum Gasteiger partial charge on any atom is -0.395 e. The van der Waals surface area contributed by atoms with E-state index in [4.69, 9.17) is 16.7 Å². The van der Waals surface area contributed by atoms with Gasteiger partial charge < -0.3 is 9.67 Å². The van der Waals surface area contributed by atoms with Crippen molar-refractivity contribution in [1.29, 1.82) is 0 Å². The Morgan fingerprint density at radius 3 is 3.00 bits per heavy atom. The van der Waals surface area contributed by atoms with Gasteiger partial charge in [0.05, 0.1) is 11.6 Å². The molecule has 2 aromatic heterocycles. The van der Waals surface area contributed by atoms with Crippen molar-refractivity contribution in [2.45, 2.75) is 6.54 Å². The summed E-state index contributed by atoms with van der Waals surface area (Å²) in [5.74, 6) is 0.747. The fraction of sp³-hybridized carbons (Fsp3) is 0.200. The highest BCUT2D eigenvalue weighted by Crippen LogP contribution is 2.24. The van der Waals surface area contributed by atoms with Crippen LogP contribution in [0, 0.1) is 0 Å². The molecule has 0 spiro atoms. The van der Waals surface area contributed by atoms with Gasteiger partial charge in [0.1, 0.15) is 5.82 Å². The first-order valence-corrected chi connectivity index (χ1v) is 4.92. The molecule has 15 heavy (non-hydrogen) atoms. The lowest BCUT2D eigenvalue weighted by atomic mass is 10.2. The van der Waals surface area contributed by atoms with E-state index < -0.39 is 0 Å². The number of rotatable bonds is 3. The summed E-state index contributed by atoms with van der Waals surface area (Å²) >= 11 is 6.01. The number of aliphatic hydroxyl groups excluding tert-OH is 1. The predicted octanol–water partition coefficient (Wildman–Crippen LogP) is 1.59. The molecule has 78 valence electrons. The smallest absolute Gasteiger partial charge is 0.141 e. The first-order valence-electron chi connectivity index (χ1n) is 4.55. The molecule has 0 atom stereocenters. The number of nitrogens with zero attached hydrogens (tertiary/aromatic N) is 3. The number of pyridine rings is 1. The van der Waals surface area contributed by atoms with Crippen molar-refractivity contribution < 1.29 is 5.11 Å². The second kappa shape index (κ2) is 4.42. The molecule has 0 bridgehead atoms. The third-order valence-electron chi connectivity index (χ3n) is 2.07. The molecule has 4 nitrogen and oxygen atoms in total. The summed E-state index contributed by atoms with van der Waals surface area (Å²) < 4.78 is 1.85. The molecule has 0 saturated heterocycles. The van der Waals surface area contributed by atoms with Crippen LogP contribution in [0.3, 0.4) is 0 Å². The zero-order valence-electron chi connectivity index (χ0n) is 7.97. The van der Waals surface area contributed by atoms with Gasteiger partial charge in [-0.25, -0.2) is 4.98 Å². The molecule has 2 heterocycles. The van der Waals surface area contributed by atoms with Gasteiger partial charge in [-0.1, -0.05) is 11.6 Å². The summed E-state index contributed by atoms with van der Waals surface area (Å²) in [6.45, 7) is 0.583. The molecule has 0 amide bonds. The molecule has 2 aromatic rings. The lowest BCUT2D eigenvalue weighted by Crippen LogP contribution is -2.03. The van der Waals surface area contributed by atoms with Gasteiger partial charge in [-0.15, -0.1) is 0 Å². The minimum absolute atomic E-state index is 0.0755. The first kappa shape index (κ1) is 10.1. The van der Waals surface area contributed by atoms with Crippen molar-refractivity contribution in [2.24, 2.45) is 0 Å². The number of aromatic nitrogens is 3. The summed E-state index contributed by atoms with van der Waals surface area (Å²) in [6.07, 6.45) is 6.73. The first-order chi connectivity index (χ1) is 7.33. The van der Waals surface area contributed by atoms with Gasteiger partial charge in [-0.2, -0.15) is 0 Å². The van der Waals surface area contributed by atoms with E-state index in [1.54, 1.807) is 24.7 Å². The Morgan fingerprint density at radius 2 is 2.27 bits per heavy atom. The molecule has 2 rings (SSSR count). The van der Waals surface area contributed by atoms with Gasteiger partial charge in [-0.05, 0) is 6.07 Å². The van der Waals surface area contributed by atoms with Crippen LogP contribution in [-0.4, -0.2) is 26.2 Å². The normalized spacial score (nSPS) is 10.5. The van der Waals surface area contributed by atoms with Crippen molar-refractivity contribution >= 4 is 11.6 Å². The Labute approximate surface area is 92.2 Å². The topological polar surface area (TPSA) is 50.9 Å². The SMILES string of the molecule is OCCn1ccnc1-c1ccncc1Cl. The van der Waals surface area contributed by atoms with E-state index >= 15 is 0 Å². The van der Waals surface area contributed by atoms with E-state index in [9.17, 15) is 0 Å². The number of hydrogen-bond donors (Lipinski definition) is 1. The highest BCUT2D eigenvalue weighted by atomic mass is 35.5. The molecule has 0 saturated carbocycles. The van der Waals surface area contributed by atoms with Crippen LogP contribution >= 0.6 is 11.6 Å². The second-order valence-corrected chi connectivity index (χ2v) is 3.43. The average Bonchev–Trinajstić information content (AvgIpc) is 2.67. The highest BCUT2D eigenvalue weighted by molar-refractivity contribution is 6.33. The van der Waals surface area contributed by atoms with Crippen LogP contribution in [-0.2, 0) is 6.54 Å². The van der Waals surface area contributed by atoms with E-state index in [2.05, 4.69) is 9.97 Å². The van der Waals surface area contributed by atoms with Gasteiger partial charge in [0.15, 0.2) is 0 Å². The fourth-order valence-corrected chi connectivity index (χ4v) is 1.60. The van der Waals surface area contributed by atoms with E-state index in [0.29, 0.717) is 11.6 Å². The Kier molecular flexibility index (Phi) is 2.99. The maximum atomic E-state index is 8.88. The van der Waals surface area contributed by atoms with Crippen LogP contribution < -0.4 is 0 Å². The average molecular weight is 224 g/mol. The van der Waals surface area contributed by atoms with Crippen molar-refractivity contribution in [3.63, 3.8) is 0 Å². The predicted molar refractivity (Wildman–Crippen MR) is 57.6 cm³/mol. The highest BCUT2D eigenvalue weighted by Gasteiger charge is 2.08. The Bertz CT molecular complexity index is 455. The maximum Gasteiger partial charge on any atom is 0.141 e. The molecule has 0 aliphatic carbocycles. The van der Waals surface area contributed by atoms with Crippen LogP contribution in [0.25, 0.3) is 11.4 Å². The van der Waals surface area contributed by atoms with Crippen molar-refractivity contribution in [1.82, 2.24) is 14.5 Å². The third kappa shape index (κ3) is 2.00. The molecule has 0 fully saturated rings. The molecular formula is C10H10ClN3O. The fourth-order valence-electron chi connectivity index (χ4n) is 1.40. The van der Waals surface area contributed by atoms with Gasteiger partial charge in [0.2, 0.25) is 0 Å². The molecule has 0 unspecified atom stereocenters. The maximum absolute atomic E-state index is 8.88. The van der Waals surface area contributed by atoms with Crippen LogP contribution in [0.15, 0.2) is 30.9 Å². The summed E-state index contributed by atoms with van der Waals surface area (Å²) in [5, 5.41) is 9.44. The number of halogens is 1. The molecule has 0 aromatic carbocycles. The zero-order chi connectivity index (χ0) is 10.7. The molecule has 5 heteroatoms. The van der Waals surface area contributed by atoms with Crippen molar-refractivity contribution in [2.75, 3.05) is 6.61 Å². The summed E-state index contributed by atoms with van der Waals surface area (Å²) in [6, 6.07) is 1.80. The van der Waals surface area contributed by atoms with Gasteiger partial charge >= 0.3 is 0 Å². The summed E-state index contributed by atoms with van der Waals surface area (Å²) in [7, 11) is 0. The quantitative estimate of drug-likeness (QED) is 0.860. The number of hydrogen-bond acceptors (Lipinski definition) is 3. The van der Waals surface area contributed by atoms with Crippen molar-refractivity contribution in [3.05, 3.63) is 35.9 Å². The zero-order valence-corrected chi connectivity index (χ0v) is 8.72. The monoisotopic (exact) mass is 223 g/mol. The summed E-state index contributed by atoms with van der Waals surface area (Å²) in [4.78, 5) is 8.12. The van der Waals surface area contributed by atoms with Crippen LogP contribution in [0.2, 0.25) is 5.02 Å². The Balaban J connectivity index is 2.45. The molecule has 0 aliphatic heterocycles. The Morgan fingerprint density at radius 1 is 1.40 bits per heavy atom. The lowest BCUT2D eigenvalue weighted by molar-refractivity contribution is 0.276. The van der Waals surface area contributed by atoms with E-state index in [1.807, 2.05) is 10.8 Å². The number of imidazole rings is 1. The van der Waals surface area contributed by atoms with E-state index in [0.717, 1.165) is 11.4 Å². The van der Waals surface area contributed by atoms with Crippen LogP contribution in [0.5, 0.6) is 0 Å². The number of aliphatic hydroxyl groups is 1. The molecule has 0 radical (unpaired) electrons. The standard InChI is InChI=1S/C10H10ClN3O/c11-9-7-12-2-1-8(9)10-13-3-4-14(10)5-6-15/h1-4,7,15H,5-6H2. The minimum atomic E-state index is 0.0755. The lowest BCUT2D eigenvalue weighted by Gasteiger charge is -2.06. The summed E-state index contributed by atoms with van der Waals surface area (Å²) in [5.41, 5.74) is 0.824. The largest absolute Gasteiger partial charge is 0.395 e.